The molecule has 0 aromatic carbocycles. The molecule has 0 spiro atoms. The summed E-state index contributed by atoms with van der Waals surface area (Å²) >= 11 is 0. The normalized spacial score (nSPS) is 29.9. The smallest absolute Gasteiger partial charge is 0.356 e. The van der Waals surface area contributed by atoms with Crippen molar-refractivity contribution in [3.63, 3.8) is 0 Å². The summed E-state index contributed by atoms with van der Waals surface area (Å²) in [5, 5.41) is 0. The van der Waals surface area contributed by atoms with Crippen molar-refractivity contribution in [2.45, 2.75) is 39.8 Å². The van der Waals surface area contributed by atoms with Crippen molar-refractivity contribution >= 4 is 21.9 Å². The average molecular weight is 364 g/mol. The number of hydrogen-bond acceptors (Lipinski definition) is 5. The summed E-state index contributed by atoms with van der Waals surface area (Å²) in [6.45, 7) is 5.45. The van der Waals surface area contributed by atoms with Gasteiger partial charge in [0, 0.05) is 17.7 Å². The summed E-state index contributed by atoms with van der Waals surface area (Å²) in [6.07, 6.45) is 1.96. The Hall–Kier alpha value is -2.09. The van der Waals surface area contributed by atoms with Crippen molar-refractivity contribution in [3.8, 4) is 0 Å². The molecule has 2 heterocycles. The fourth-order valence-corrected chi connectivity index (χ4v) is 6.91. The molecule has 0 saturated heterocycles. The third-order valence-electron chi connectivity index (χ3n) is 5.86. The molecule has 2 bridgehead atoms. The zero-order valence-corrected chi connectivity index (χ0v) is 15.1. The molecule has 1 fully saturated rings. The van der Waals surface area contributed by atoms with Gasteiger partial charge in [-0.15, -0.1) is 0 Å². The van der Waals surface area contributed by atoms with Gasteiger partial charge in [-0.3, -0.25) is 4.79 Å². The van der Waals surface area contributed by atoms with Gasteiger partial charge in [0.05, 0.1) is 4.91 Å². The van der Waals surface area contributed by atoms with E-state index < -0.39 is 28.1 Å². The van der Waals surface area contributed by atoms with E-state index in [0.29, 0.717) is 5.57 Å². The van der Waals surface area contributed by atoms with Crippen molar-refractivity contribution in [2.24, 2.45) is 17.3 Å². The molecule has 1 N–H and O–H groups in total. The molecule has 134 valence electrons. The molecular formula is C17H20N2O5S. The van der Waals surface area contributed by atoms with Crippen LogP contribution in [0.2, 0.25) is 0 Å². The number of fused-ring (bicyclic) bond motifs is 4. The Morgan fingerprint density at radius 3 is 2.64 bits per heavy atom. The first-order valence-electron chi connectivity index (χ1n) is 8.34. The topological polar surface area (TPSA) is 96.5 Å². The van der Waals surface area contributed by atoms with Gasteiger partial charge < -0.3 is 9.72 Å². The second-order valence-corrected chi connectivity index (χ2v) is 9.26. The third kappa shape index (κ3) is 2.00. The average Bonchev–Trinajstić information content (AvgIpc) is 3.23. The number of rotatable bonds is 3. The van der Waals surface area contributed by atoms with E-state index in [2.05, 4.69) is 4.98 Å². The number of ether oxygens (including phenoxy) is 1. The zero-order valence-electron chi connectivity index (χ0n) is 14.3. The van der Waals surface area contributed by atoms with E-state index in [1.807, 2.05) is 13.8 Å². The third-order valence-corrected chi connectivity index (χ3v) is 7.90. The Morgan fingerprint density at radius 2 is 2.04 bits per heavy atom. The summed E-state index contributed by atoms with van der Waals surface area (Å²) in [4.78, 5) is 27.9. The van der Waals surface area contributed by atoms with E-state index in [4.69, 9.17) is 4.74 Å². The first kappa shape index (κ1) is 16.4. The van der Waals surface area contributed by atoms with Gasteiger partial charge in [0.25, 0.3) is 15.9 Å². The first-order valence-corrected chi connectivity index (χ1v) is 9.78. The minimum absolute atomic E-state index is 0.0499. The summed E-state index contributed by atoms with van der Waals surface area (Å²) in [5.74, 6) is -1.43. The Labute approximate surface area is 146 Å². The van der Waals surface area contributed by atoms with Crippen molar-refractivity contribution in [1.82, 2.24) is 9.29 Å². The van der Waals surface area contributed by atoms with E-state index in [0.717, 1.165) is 17.1 Å². The Balaban J connectivity index is 1.64. The number of amides is 1. The Bertz CT molecular complexity index is 897. The maximum atomic E-state index is 13.0. The highest BCUT2D eigenvalue weighted by Gasteiger charge is 2.64. The summed E-state index contributed by atoms with van der Waals surface area (Å²) in [6, 6.07) is 3.16. The second-order valence-electron chi connectivity index (χ2n) is 7.48. The summed E-state index contributed by atoms with van der Waals surface area (Å²) < 4.78 is 32.0. The molecule has 3 aliphatic rings. The van der Waals surface area contributed by atoms with Crippen LogP contribution < -0.4 is 0 Å². The molecule has 1 saturated carbocycles. The molecule has 7 nitrogen and oxygen atoms in total. The highest BCUT2D eigenvalue weighted by Crippen LogP contribution is 2.64. The van der Waals surface area contributed by atoms with Gasteiger partial charge in [0.2, 0.25) is 0 Å². The van der Waals surface area contributed by atoms with Crippen LogP contribution in [-0.2, 0) is 19.6 Å². The fourth-order valence-electron chi connectivity index (χ4n) is 4.66. The van der Waals surface area contributed by atoms with Gasteiger partial charge >= 0.3 is 5.97 Å². The molecule has 1 amide bonds. The Morgan fingerprint density at radius 1 is 1.36 bits per heavy atom. The SMILES string of the molecule is CC(OC(=O)c1ccc[nH]1)N1C(=O)C2=C(C3CCC2C3(C)C)S1(=O)=O. The number of esters is 1. The molecule has 25 heavy (non-hydrogen) atoms. The van der Waals surface area contributed by atoms with Crippen LogP contribution in [0.5, 0.6) is 0 Å². The number of nitrogens with zero attached hydrogens (tertiary/aromatic N) is 1. The van der Waals surface area contributed by atoms with Crippen molar-refractivity contribution in [3.05, 3.63) is 34.5 Å². The van der Waals surface area contributed by atoms with Gasteiger partial charge in [-0.05, 0) is 43.2 Å². The molecule has 0 radical (unpaired) electrons. The molecule has 4 rings (SSSR count). The van der Waals surface area contributed by atoms with E-state index in [1.165, 1.54) is 13.0 Å². The molecule has 3 unspecified atom stereocenters. The lowest BCUT2D eigenvalue weighted by atomic mass is 9.79. The molecule has 1 aromatic heterocycles. The van der Waals surface area contributed by atoms with Crippen LogP contribution in [0.3, 0.4) is 0 Å². The van der Waals surface area contributed by atoms with Crippen LogP contribution in [0.1, 0.15) is 44.1 Å². The largest absolute Gasteiger partial charge is 0.436 e. The highest BCUT2D eigenvalue weighted by molar-refractivity contribution is 7.94. The van der Waals surface area contributed by atoms with E-state index in [1.54, 1.807) is 12.3 Å². The number of aromatic nitrogens is 1. The highest BCUT2D eigenvalue weighted by atomic mass is 32.2. The van der Waals surface area contributed by atoms with Gasteiger partial charge in [-0.25, -0.2) is 13.2 Å². The Kier molecular flexibility index (Phi) is 3.26. The predicted molar refractivity (Wildman–Crippen MR) is 88.5 cm³/mol. The van der Waals surface area contributed by atoms with Gasteiger partial charge in [0.15, 0.2) is 6.23 Å². The van der Waals surface area contributed by atoms with Crippen molar-refractivity contribution < 1.29 is 22.7 Å². The molecule has 8 heteroatoms. The minimum atomic E-state index is -3.95. The van der Waals surface area contributed by atoms with Crippen molar-refractivity contribution in [2.75, 3.05) is 0 Å². The molecule has 3 atom stereocenters. The lowest BCUT2D eigenvalue weighted by molar-refractivity contribution is -0.128. The number of carbonyl (C=O) groups excluding carboxylic acids is 2. The zero-order chi connectivity index (χ0) is 18.1. The van der Waals surface area contributed by atoms with Crippen molar-refractivity contribution in [1.29, 1.82) is 0 Å². The number of H-pyrrole nitrogens is 1. The number of nitrogens with one attached hydrogen (secondary N) is 1. The standard InChI is InChI=1S/C17H20N2O5S/c1-9(24-16(21)12-5-4-8-18-12)19-15(20)13-10-6-7-11(17(10,2)3)14(13)25(19,22)23/h4-5,8-11,18H,6-7H2,1-3H3. The van der Waals surface area contributed by atoms with Crippen LogP contribution in [0.4, 0.5) is 0 Å². The number of carbonyl (C=O) groups is 2. The number of aromatic amines is 1. The lowest BCUT2D eigenvalue weighted by Gasteiger charge is -2.31. The minimum Gasteiger partial charge on any atom is -0.436 e. The van der Waals surface area contributed by atoms with Crippen LogP contribution in [0, 0.1) is 17.3 Å². The van der Waals surface area contributed by atoms with E-state index in [9.17, 15) is 18.0 Å². The van der Waals surface area contributed by atoms with E-state index >= 15 is 0 Å². The second kappa shape index (κ2) is 4.97. The maximum absolute atomic E-state index is 13.0. The van der Waals surface area contributed by atoms with E-state index in [-0.39, 0.29) is 27.8 Å². The molecule has 1 aromatic rings. The lowest BCUT2D eigenvalue weighted by Crippen LogP contribution is -2.44. The van der Waals surface area contributed by atoms with Crippen LogP contribution in [0.25, 0.3) is 0 Å². The number of allylic oxidation sites excluding steroid dienone is 1. The van der Waals surface area contributed by atoms with Crippen LogP contribution in [-0.4, -0.2) is 35.8 Å². The van der Waals surface area contributed by atoms with Gasteiger partial charge in [-0.2, -0.15) is 4.31 Å². The maximum Gasteiger partial charge on any atom is 0.356 e. The fraction of sp³-hybridized carbons (Fsp3) is 0.529. The summed E-state index contributed by atoms with van der Waals surface area (Å²) in [7, 11) is -3.95. The molecular weight excluding hydrogens is 344 g/mol. The van der Waals surface area contributed by atoms with Crippen LogP contribution >= 0.6 is 0 Å². The predicted octanol–water partition coefficient (Wildman–Crippen LogP) is 2.01. The quantitative estimate of drug-likeness (QED) is 0.828. The van der Waals surface area contributed by atoms with Gasteiger partial charge in [0.1, 0.15) is 5.69 Å². The summed E-state index contributed by atoms with van der Waals surface area (Å²) in [5.41, 5.74) is 0.394. The molecule has 1 aliphatic heterocycles. The monoisotopic (exact) mass is 364 g/mol. The van der Waals surface area contributed by atoms with Crippen LogP contribution in [0.15, 0.2) is 28.8 Å². The number of hydrogen-bond donors (Lipinski definition) is 1. The first-order chi connectivity index (χ1) is 11.7. The number of sulfonamides is 1. The van der Waals surface area contributed by atoms with Gasteiger partial charge in [-0.1, -0.05) is 13.8 Å². The molecule has 2 aliphatic carbocycles.